The minimum atomic E-state index is -0.269. The van der Waals surface area contributed by atoms with Crippen LogP contribution < -0.4 is 0 Å². The lowest BCUT2D eigenvalue weighted by Crippen LogP contribution is -1.89. The fraction of sp³-hybridized carbons (Fsp3) is 0.333. The summed E-state index contributed by atoms with van der Waals surface area (Å²) < 4.78 is 2.59. The number of fused-ring (bicyclic) bond motifs is 1. The Hall–Kier alpha value is -0.380. The highest BCUT2D eigenvalue weighted by molar-refractivity contribution is 7.26. The normalized spacial score (nSPS) is 13.8. The molecule has 0 saturated heterocycles. The molecule has 2 heterocycles. The molecule has 2 aromatic heterocycles. The van der Waals surface area contributed by atoms with Gasteiger partial charge in [0.1, 0.15) is 0 Å². The van der Waals surface area contributed by atoms with Gasteiger partial charge in [-0.3, -0.25) is 0 Å². The second-order valence-corrected chi connectivity index (χ2v) is 4.78. The van der Waals surface area contributed by atoms with Crippen LogP contribution in [-0.2, 0) is 0 Å². The molecule has 0 bridgehead atoms. The summed E-state index contributed by atoms with van der Waals surface area (Å²) >= 11 is 3.43. The lowest BCUT2D eigenvalue weighted by atomic mass is 10.2. The lowest BCUT2D eigenvalue weighted by molar-refractivity contribution is 0.177. The summed E-state index contributed by atoms with van der Waals surface area (Å²) in [7, 11) is 0. The molecule has 0 aliphatic heterocycles. The van der Waals surface area contributed by atoms with Gasteiger partial charge in [-0.15, -0.1) is 22.7 Å². The van der Waals surface area contributed by atoms with Crippen LogP contribution in [0.3, 0.4) is 0 Å². The van der Waals surface area contributed by atoms with E-state index in [-0.39, 0.29) is 6.10 Å². The lowest BCUT2D eigenvalue weighted by Gasteiger charge is -2.01. The Balaban J connectivity index is 2.44. The molecule has 12 heavy (non-hydrogen) atoms. The van der Waals surface area contributed by atoms with Crippen LogP contribution in [0.15, 0.2) is 17.5 Å². The highest BCUT2D eigenvalue weighted by Gasteiger charge is 2.09. The molecule has 1 N–H and O–H groups in total. The molecule has 0 amide bonds. The molecule has 0 radical (unpaired) electrons. The van der Waals surface area contributed by atoms with Gasteiger partial charge in [-0.1, -0.05) is 6.92 Å². The molecule has 64 valence electrons. The Kier molecular flexibility index (Phi) is 2.17. The van der Waals surface area contributed by atoms with Crippen LogP contribution in [-0.4, -0.2) is 5.11 Å². The Morgan fingerprint density at radius 2 is 2.33 bits per heavy atom. The second-order valence-electron chi connectivity index (χ2n) is 2.72. The third kappa shape index (κ3) is 1.28. The third-order valence-corrected chi connectivity index (χ3v) is 4.07. The molecule has 0 aliphatic rings. The van der Waals surface area contributed by atoms with Gasteiger partial charge in [0.25, 0.3) is 0 Å². The predicted octanol–water partition coefficient (Wildman–Crippen LogP) is 3.41. The summed E-state index contributed by atoms with van der Waals surface area (Å²) in [5, 5.41) is 11.7. The van der Waals surface area contributed by atoms with Gasteiger partial charge >= 0.3 is 0 Å². The summed E-state index contributed by atoms with van der Waals surface area (Å²) in [5.41, 5.74) is 0. The maximum absolute atomic E-state index is 9.56. The Bertz CT molecular complexity index is 346. The van der Waals surface area contributed by atoms with E-state index in [9.17, 15) is 5.11 Å². The third-order valence-electron chi connectivity index (χ3n) is 1.87. The first-order chi connectivity index (χ1) is 5.81. The number of hydrogen-bond donors (Lipinski definition) is 1. The number of aliphatic hydroxyl groups excluding tert-OH is 1. The largest absolute Gasteiger partial charge is 0.388 e. The Morgan fingerprint density at radius 3 is 3.00 bits per heavy atom. The SMILES string of the molecule is CCC(O)c1cc2sccc2s1. The molecule has 0 aliphatic carbocycles. The van der Waals surface area contributed by atoms with Gasteiger partial charge < -0.3 is 5.11 Å². The van der Waals surface area contributed by atoms with Crippen LogP contribution in [0.5, 0.6) is 0 Å². The van der Waals surface area contributed by atoms with Gasteiger partial charge in [0.15, 0.2) is 0 Å². The van der Waals surface area contributed by atoms with Crippen LogP contribution in [0.25, 0.3) is 9.40 Å². The van der Waals surface area contributed by atoms with Crippen LogP contribution in [0.2, 0.25) is 0 Å². The molecule has 1 nitrogen and oxygen atoms in total. The van der Waals surface area contributed by atoms with E-state index in [0.717, 1.165) is 11.3 Å². The average molecular weight is 198 g/mol. The number of rotatable bonds is 2. The fourth-order valence-electron chi connectivity index (χ4n) is 1.15. The zero-order valence-corrected chi connectivity index (χ0v) is 8.41. The topological polar surface area (TPSA) is 20.2 Å². The van der Waals surface area contributed by atoms with Crippen LogP contribution in [0.4, 0.5) is 0 Å². The number of thiophene rings is 2. The number of aliphatic hydroxyl groups is 1. The maximum Gasteiger partial charge on any atom is 0.0880 e. The minimum absolute atomic E-state index is 0.269. The van der Waals surface area contributed by atoms with E-state index in [2.05, 4.69) is 17.5 Å². The van der Waals surface area contributed by atoms with E-state index < -0.39 is 0 Å². The predicted molar refractivity (Wildman–Crippen MR) is 55.0 cm³/mol. The molecular weight excluding hydrogens is 188 g/mol. The van der Waals surface area contributed by atoms with Crippen LogP contribution in [0, 0.1) is 0 Å². The van der Waals surface area contributed by atoms with Crippen molar-refractivity contribution < 1.29 is 5.11 Å². The molecule has 0 saturated carbocycles. The molecule has 1 unspecified atom stereocenters. The van der Waals surface area contributed by atoms with E-state index in [1.54, 1.807) is 22.7 Å². The van der Waals surface area contributed by atoms with Gasteiger partial charge in [-0.25, -0.2) is 0 Å². The van der Waals surface area contributed by atoms with Crippen molar-refractivity contribution in [1.29, 1.82) is 0 Å². The minimum Gasteiger partial charge on any atom is -0.388 e. The van der Waals surface area contributed by atoms with Crippen molar-refractivity contribution in [2.45, 2.75) is 19.4 Å². The quantitative estimate of drug-likeness (QED) is 0.784. The van der Waals surface area contributed by atoms with Gasteiger partial charge in [0.05, 0.1) is 6.10 Å². The molecule has 0 aromatic carbocycles. The number of hydrogen-bond acceptors (Lipinski definition) is 3. The first kappa shape index (κ1) is 8.23. The zero-order chi connectivity index (χ0) is 8.55. The average Bonchev–Trinajstić information content (AvgIpc) is 2.60. The summed E-state index contributed by atoms with van der Waals surface area (Å²) in [4.78, 5) is 1.10. The van der Waals surface area contributed by atoms with Gasteiger partial charge in [0.2, 0.25) is 0 Å². The van der Waals surface area contributed by atoms with E-state index in [1.807, 2.05) is 6.92 Å². The summed E-state index contributed by atoms with van der Waals surface area (Å²) in [5.74, 6) is 0. The highest BCUT2D eigenvalue weighted by atomic mass is 32.1. The maximum atomic E-state index is 9.56. The second kappa shape index (κ2) is 3.17. The summed E-state index contributed by atoms with van der Waals surface area (Å²) in [6, 6.07) is 4.20. The molecule has 2 aromatic rings. The molecular formula is C9H10OS2. The monoisotopic (exact) mass is 198 g/mol. The van der Waals surface area contributed by atoms with Crippen molar-refractivity contribution in [3.8, 4) is 0 Å². The first-order valence-electron chi connectivity index (χ1n) is 3.96. The zero-order valence-electron chi connectivity index (χ0n) is 6.78. The van der Waals surface area contributed by atoms with Crippen LogP contribution >= 0.6 is 22.7 Å². The van der Waals surface area contributed by atoms with Gasteiger partial charge in [-0.05, 0) is 23.9 Å². The van der Waals surface area contributed by atoms with Crippen molar-refractivity contribution in [3.63, 3.8) is 0 Å². The van der Waals surface area contributed by atoms with Crippen molar-refractivity contribution in [3.05, 3.63) is 22.4 Å². The fourth-order valence-corrected chi connectivity index (χ4v) is 3.34. The molecule has 0 spiro atoms. The van der Waals surface area contributed by atoms with E-state index in [4.69, 9.17) is 0 Å². The Labute approximate surface area is 79.3 Å². The Morgan fingerprint density at radius 1 is 1.50 bits per heavy atom. The van der Waals surface area contributed by atoms with Crippen molar-refractivity contribution in [1.82, 2.24) is 0 Å². The van der Waals surface area contributed by atoms with Gasteiger partial charge in [0, 0.05) is 14.3 Å². The smallest absolute Gasteiger partial charge is 0.0880 e. The van der Waals surface area contributed by atoms with Crippen molar-refractivity contribution >= 4 is 32.1 Å². The van der Waals surface area contributed by atoms with Gasteiger partial charge in [-0.2, -0.15) is 0 Å². The molecule has 2 rings (SSSR count). The van der Waals surface area contributed by atoms with E-state index >= 15 is 0 Å². The molecule has 1 atom stereocenters. The van der Waals surface area contributed by atoms with Crippen LogP contribution in [0.1, 0.15) is 24.3 Å². The van der Waals surface area contributed by atoms with E-state index in [1.165, 1.54) is 9.40 Å². The first-order valence-corrected chi connectivity index (χ1v) is 5.66. The van der Waals surface area contributed by atoms with Crippen molar-refractivity contribution in [2.75, 3.05) is 0 Å². The summed E-state index contributed by atoms with van der Waals surface area (Å²) in [6.45, 7) is 2.00. The summed E-state index contributed by atoms with van der Waals surface area (Å²) in [6.07, 6.45) is 0.530. The molecule has 0 fully saturated rings. The molecule has 3 heteroatoms. The van der Waals surface area contributed by atoms with Crippen molar-refractivity contribution in [2.24, 2.45) is 0 Å². The highest BCUT2D eigenvalue weighted by Crippen LogP contribution is 2.34. The standard InChI is InChI=1S/C9H10OS2/c1-2-6(10)8-5-9-7(12-8)3-4-11-9/h3-6,10H,2H2,1H3. The van der Waals surface area contributed by atoms with E-state index in [0.29, 0.717) is 0 Å².